The fraction of sp³-hybridized carbons (Fsp3) is 0.692. The number of ether oxygens (including phenoxy) is 1. The maximum atomic E-state index is 5.28. The Labute approximate surface area is 104 Å². The normalized spacial score (nSPS) is 12.8. The summed E-state index contributed by atoms with van der Waals surface area (Å²) >= 11 is 0. The van der Waals surface area contributed by atoms with E-state index in [9.17, 15) is 0 Å². The smallest absolute Gasteiger partial charge is 0.103 e. The SMILES string of the molecule is COCCNCC(C)NCCCc1ccco1. The van der Waals surface area contributed by atoms with Crippen molar-refractivity contribution in [3.8, 4) is 0 Å². The molecule has 17 heavy (non-hydrogen) atoms. The summed E-state index contributed by atoms with van der Waals surface area (Å²) in [6.45, 7) is 5.87. The van der Waals surface area contributed by atoms with Gasteiger partial charge >= 0.3 is 0 Å². The van der Waals surface area contributed by atoms with E-state index in [1.165, 1.54) is 0 Å². The lowest BCUT2D eigenvalue weighted by atomic mass is 10.2. The van der Waals surface area contributed by atoms with E-state index >= 15 is 0 Å². The summed E-state index contributed by atoms with van der Waals surface area (Å²) < 4.78 is 10.2. The predicted octanol–water partition coefficient (Wildman–Crippen LogP) is 1.43. The molecular formula is C13H24N2O2. The molecule has 2 N–H and O–H groups in total. The molecule has 0 saturated carbocycles. The Morgan fingerprint density at radius 3 is 3.00 bits per heavy atom. The van der Waals surface area contributed by atoms with Gasteiger partial charge < -0.3 is 19.8 Å². The largest absolute Gasteiger partial charge is 0.469 e. The molecule has 4 nitrogen and oxygen atoms in total. The third-order valence-electron chi connectivity index (χ3n) is 2.61. The second-order valence-electron chi connectivity index (χ2n) is 4.24. The van der Waals surface area contributed by atoms with Gasteiger partial charge in [0.2, 0.25) is 0 Å². The molecule has 0 aliphatic carbocycles. The number of methoxy groups -OCH3 is 1. The second kappa shape index (κ2) is 9.22. The monoisotopic (exact) mass is 240 g/mol. The van der Waals surface area contributed by atoms with E-state index in [4.69, 9.17) is 9.15 Å². The zero-order valence-electron chi connectivity index (χ0n) is 10.9. The molecule has 1 aromatic rings. The molecule has 4 heteroatoms. The van der Waals surface area contributed by atoms with Gasteiger partial charge in [0, 0.05) is 32.7 Å². The lowest BCUT2D eigenvalue weighted by molar-refractivity contribution is 0.198. The minimum absolute atomic E-state index is 0.489. The molecule has 1 rings (SSSR count). The van der Waals surface area contributed by atoms with Gasteiger partial charge in [0.05, 0.1) is 12.9 Å². The standard InChI is InChI=1S/C13H24N2O2/c1-12(11-14-8-10-16-2)15-7-3-5-13-6-4-9-17-13/h4,6,9,12,14-15H,3,5,7-8,10-11H2,1-2H3. The fourth-order valence-corrected chi connectivity index (χ4v) is 1.63. The lowest BCUT2D eigenvalue weighted by Crippen LogP contribution is -2.37. The van der Waals surface area contributed by atoms with Crippen LogP contribution in [0.4, 0.5) is 0 Å². The maximum absolute atomic E-state index is 5.28. The van der Waals surface area contributed by atoms with Crippen LogP contribution in [0.25, 0.3) is 0 Å². The number of nitrogens with one attached hydrogen (secondary N) is 2. The number of rotatable bonds is 10. The van der Waals surface area contributed by atoms with E-state index in [1.54, 1.807) is 13.4 Å². The van der Waals surface area contributed by atoms with Gasteiger partial charge in [-0.3, -0.25) is 0 Å². The van der Waals surface area contributed by atoms with Crippen LogP contribution in [0.5, 0.6) is 0 Å². The van der Waals surface area contributed by atoms with E-state index in [0.717, 1.165) is 44.8 Å². The number of aryl methyl sites for hydroxylation is 1. The van der Waals surface area contributed by atoms with Crippen molar-refractivity contribution in [1.29, 1.82) is 0 Å². The van der Waals surface area contributed by atoms with Crippen molar-refractivity contribution in [2.45, 2.75) is 25.8 Å². The minimum atomic E-state index is 0.489. The van der Waals surface area contributed by atoms with Gasteiger partial charge in [0.25, 0.3) is 0 Å². The second-order valence-corrected chi connectivity index (χ2v) is 4.24. The average Bonchev–Trinajstić information content (AvgIpc) is 2.83. The summed E-state index contributed by atoms with van der Waals surface area (Å²) in [5.74, 6) is 1.07. The molecule has 1 heterocycles. The molecule has 0 aliphatic rings. The molecule has 0 fully saturated rings. The summed E-state index contributed by atoms with van der Waals surface area (Å²) in [6.07, 6.45) is 3.84. The van der Waals surface area contributed by atoms with Crippen LogP contribution < -0.4 is 10.6 Å². The van der Waals surface area contributed by atoms with Crippen LogP contribution in [-0.2, 0) is 11.2 Å². The quantitative estimate of drug-likeness (QED) is 0.607. The molecule has 0 spiro atoms. The highest BCUT2D eigenvalue weighted by molar-refractivity contribution is 4.97. The molecule has 0 saturated heterocycles. The van der Waals surface area contributed by atoms with Gasteiger partial charge in [-0.1, -0.05) is 0 Å². The minimum Gasteiger partial charge on any atom is -0.469 e. The molecule has 0 aromatic carbocycles. The Morgan fingerprint density at radius 1 is 1.41 bits per heavy atom. The van der Waals surface area contributed by atoms with Crippen molar-refractivity contribution in [3.63, 3.8) is 0 Å². The van der Waals surface area contributed by atoms with Gasteiger partial charge in [0.15, 0.2) is 0 Å². The Balaban J connectivity index is 1.91. The number of furan rings is 1. The molecule has 0 aliphatic heterocycles. The first-order chi connectivity index (χ1) is 8.33. The first-order valence-corrected chi connectivity index (χ1v) is 6.28. The Hall–Kier alpha value is -0.840. The van der Waals surface area contributed by atoms with Crippen LogP contribution in [0.2, 0.25) is 0 Å². The Bertz CT molecular complexity index is 262. The molecule has 1 atom stereocenters. The number of hydrogen-bond acceptors (Lipinski definition) is 4. The van der Waals surface area contributed by atoms with Gasteiger partial charge in [-0.25, -0.2) is 0 Å². The third kappa shape index (κ3) is 7.15. The van der Waals surface area contributed by atoms with Crippen molar-refractivity contribution in [3.05, 3.63) is 24.2 Å². The maximum Gasteiger partial charge on any atom is 0.103 e. The van der Waals surface area contributed by atoms with Gasteiger partial charge in [-0.05, 0) is 32.0 Å². The van der Waals surface area contributed by atoms with E-state index in [-0.39, 0.29) is 0 Å². The van der Waals surface area contributed by atoms with E-state index in [2.05, 4.69) is 17.6 Å². The van der Waals surface area contributed by atoms with Crippen molar-refractivity contribution < 1.29 is 9.15 Å². The van der Waals surface area contributed by atoms with Gasteiger partial charge in [-0.2, -0.15) is 0 Å². The van der Waals surface area contributed by atoms with Crippen LogP contribution in [-0.4, -0.2) is 39.4 Å². The Kier molecular flexibility index (Phi) is 7.71. The molecule has 1 unspecified atom stereocenters. The van der Waals surface area contributed by atoms with Crippen molar-refractivity contribution >= 4 is 0 Å². The van der Waals surface area contributed by atoms with Crippen molar-refractivity contribution in [1.82, 2.24) is 10.6 Å². The molecule has 98 valence electrons. The Morgan fingerprint density at radius 2 is 2.29 bits per heavy atom. The van der Waals surface area contributed by atoms with Crippen LogP contribution in [0.3, 0.4) is 0 Å². The zero-order chi connectivity index (χ0) is 12.3. The highest BCUT2D eigenvalue weighted by atomic mass is 16.5. The highest BCUT2D eigenvalue weighted by Crippen LogP contribution is 2.02. The van der Waals surface area contributed by atoms with Crippen molar-refractivity contribution in [2.75, 3.05) is 33.4 Å². The summed E-state index contributed by atoms with van der Waals surface area (Å²) in [7, 11) is 1.72. The van der Waals surface area contributed by atoms with Crippen LogP contribution >= 0.6 is 0 Å². The van der Waals surface area contributed by atoms with Gasteiger partial charge in [0.1, 0.15) is 5.76 Å². The fourth-order valence-electron chi connectivity index (χ4n) is 1.63. The predicted molar refractivity (Wildman–Crippen MR) is 69.2 cm³/mol. The molecule has 0 radical (unpaired) electrons. The van der Waals surface area contributed by atoms with Crippen LogP contribution in [0, 0.1) is 0 Å². The van der Waals surface area contributed by atoms with E-state index in [1.807, 2.05) is 12.1 Å². The molecule has 0 bridgehead atoms. The third-order valence-corrected chi connectivity index (χ3v) is 2.61. The highest BCUT2D eigenvalue weighted by Gasteiger charge is 2.00. The van der Waals surface area contributed by atoms with E-state index in [0.29, 0.717) is 6.04 Å². The lowest BCUT2D eigenvalue weighted by Gasteiger charge is -2.14. The summed E-state index contributed by atoms with van der Waals surface area (Å²) in [6, 6.07) is 4.45. The van der Waals surface area contributed by atoms with Crippen molar-refractivity contribution in [2.24, 2.45) is 0 Å². The van der Waals surface area contributed by atoms with Gasteiger partial charge in [-0.15, -0.1) is 0 Å². The first-order valence-electron chi connectivity index (χ1n) is 6.28. The van der Waals surface area contributed by atoms with E-state index < -0.39 is 0 Å². The summed E-state index contributed by atoms with van der Waals surface area (Å²) in [5.41, 5.74) is 0. The molecule has 0 amide bonds. The average molecular weight is 240 g/mol. The number of hydrogen-bond donors (Lipinski definition) is 2. The van der Waals surface area contributed by atoms with Crippen LogP contribution in [0.15, 0.2) is 22.8 Å². The zero-order valence-corrected chi connectivity index (χ0v) is 10.9. The molecule has 1 aromatic heterocycles. The first kappa shape index (κ1) is 14.2. The summed E-state index contributed by atoms with van der Waals surface area (Å²) in [5, 5.41) is 6.81. The topological polar surface area (TPSA) is 46.4 Å². The summed E-state index contributed by atoms with van der Waals surface area (Å²) in [4.78, 5) is 0. The van der Waals surface area contributed by atoms with Crippen LogP contribution in [0.1, 0.15) is 19.1 Å². The molecular weight excluding hydrogens is 216 g/mol.